The normalized spacial score (nSPS) is 12.8. The molecule has 1 amide bonds. The van der Waals surface area contributed by atoms with Crippen molar-refractivity contribution in [3.05, 3.63) is 81.5 Å². The molecule has 10 heteroatoms. The van der Waals surface area contributed by atoms with Crippen LogP contribution in [0, 0.1) is 0 Å². The second kappa shape index (κ2) is 10.9. The summed E-state index contributed by atoms with van der Waals surface area (Å²) >= 11 is 0. The van der Waals surface area contributed by atoms with Crippen molar-refractivity contribution in [1.29, 1.82) is 0 Å². The Morgan fingerprint density at radius 1 is 1.00 bits per heavy atom. The van der Waals surface area contributed by atoms with Gasteiger partial charge < -0.3 is 28.4 Å². The molecule has 0 saturated heterocycles. The first-order chi connectivity index (χ1) is 17.5. The number of esters is 1. The number of rotatable bonds is 7. The molecule has 3 aromatic rings. The van der Waals surface area contributed by atoms with Crippen molar-refractivity contribution in [3.63, 3.8) is 0 Å². The van der Waals surface area contributed by atoms with Gasteiger partial charge in [0.1, 0.15) is 17.9 Å². The van der Waals surface area contributed by atoms with Crippen LogP contribution in [0.25, 0.3) is 0 Å². The number of aromatic nitrogens is 2. The van der Waals surface area contributed by atoms with E-state index in [1.54, 1.807) is 41.6 Å². The largest absolute Gasteiger partial charge is 0.493 e. The summed E-state index contributed by atoms with van der Waals surface area (Å²) in [6.45, 7) is 0.872. The lowest BCUT2D eigenvalue weighted by Crippen LogP contribution is -2.34. The quantitative estimate of drug-likeness (QED) is 0.462. The maximum absolute atomic E-state index is 13.4. The second-order valence-corrected chi connectivity index (χ2v) is 8.04. The van der Waals surface area contributed by atoms with E-state index in [0.29, 0.717) is 22.8 Å². The zero-order valence-corrected chi connectivity index (χ0v) is 20.4. The van der Waals surface area contributed by atoms with E-state index < -0.39 is 5.97 Å². The van der Waals surface area contributed by atoms with Gasteiger partial charge in [-0.05, 0) is 18.2 Å². The van der Waals surface area contributed by atoms with Gasteiger partial charge in [0.05, 0.1) is 26.9 Å². The Morgan fingerprint density at radius 3 is 2.53 bits per heavy atom. The van der Waals surface area contributed by atoms with Gasteiger partial charge in [0.25, 0.3) is 11.5 Å². The Balaban J connectivity index is 1.65. The molecule has 4 rings (SSSR count). The second-order valence-electron chi connectivity index (χ2n) is 8.04. The van der Waals surface area contributed by atoms with Crippen molar-refractivity contribution in [2.75, 3.05) is 34.4 Å². The number of nitrogens with zero attached hydrogens (tertiary/aromatic N) is 3. The first-order valence-corrected chi connectivity index (χ1v) is 11.4. The van der Waals surface area contributed by atoms with Crippen molar-refractivity contribution in [1.82, 2.24) is 14.5 Å². The lowest BCUT2D eigenvalue weighted by Gasteiger charge is -2.21. The smallest absolute Gasteiger partial charge is 0.343 e. The van der Waals surface area contributed by atoms with E-state index in [0.717, 1.165) is 5.56 Å². The van der Waals surface area contributed by atoms with Crippen LogP contribution in [0.15, 0.2) is 53.6 Å². The van der Waals surface area contributed by atoms with Crippen molar-refractivity contribution >= 4 is 11.9 Å². The van der Waals surface area contributed by atoms with Crippen LogP contribution in [-0.2, 0) is 24.3 Å². The van der Waals surface area contributed by atoms with Crippen LogP contribution >= 0.6 is 0 Å². The molecule has 1 aliphatic heterocycles. The molecular formula is C26H27N3O7. The molecule has 1 aromatic carbocycles. The first kappa shape index (κ1) is 24.8. The summed E-state index contributed by atoms with van der Waals surface area (Å²) in [6, 6.07) is 9.98. The van der Waals surface area contributed by atoms with Crippen LogP contribution in [-0.4, -0.2) is 60.7 Å². The number of para-hydroxylation sites is 1. The summed E-state index contributed by atoms with van der Waals surface area (Å²) in [5.74, 6) is 0.0379. The minimum Gasteiger partial charge on any atom is -0.493 e. The highest BCUT2D eigenvalue weighted by Crippen LogP contribution is 2.32. The van der Waals surface area contributed by atoms with Crippen LogP contribution in [0.5, 0.6) is 17.2 Å². The molecule has 0 bridgehead atoms. The number of benzene rings is 1. The summed E-state index contributed by atoms with van der Waals surface area (Å²) in [5, 5.41) is 0. The SMILES string of the molecule is COC(=O)c1c(OCc2cccnc2)cc(=O)n2c1CCN(C(=O)c1cccc(OC)c1OC)CC2. The van der Waals surface area contributed by atoms with Crippen LogP contribution in [0.1, 0.15) is 32.0 Å². The average Bonchev–Trinajstić information content (AvgIpc) is 3.14. The lowest BCUT2D eigenvalue weighted by molar-refractivity contribution is 0.0592. The van der Waals surface area contributed by atoms with Crippen LogP contribution in [0.3, 0.4) is 0 Å². The molecule has 0 aliphatic carbocycles. The van der Waals surface area contributed by atoms with Crippen molar-refractivity contribution < 1.29 is 28.5 Å². The molecule has 0 atom stereocenters. The fraction of sp³-hybridized carbons (Fsp3) is 0.308. The third-order valence-corrected chi connectivity index (χ3v) is 6.02. The Kier molecular flexibility index (Phi) is 7.53. The molecule has 36 heavy (non-hydrogen) atoms. The maximum Gasteiger partial charge on any atom is 0.343 e. The Morgan fingerprint density at radius 2 is 1.83 bits per heavy atom. The molecule has 1 aliphatic rings. The number of ether oxygens (including phenoxy) is 4. The molecule has 188 valence electrons. The number of carbonyl (C=O) groups excluding carboxylic acids is 2. The maximum atomic E-state index is 13.4. The molecule has 10 nitrogen and oxygen atoms in total. The van der Waals surface area contributed by atoms with E-state index in [1.165, 1.54) is 32.0 Å². The minimum atomic E-state index is -0.617. The fourth-order valence-electron chi connectivity index (χ4n) is 4.26. The number of hydrogen-bond donors (Lipinski definition) is 0. The van der Waals surface area contributed by atoms with Gasteiger partial charge in [-0.1, -0.05) is 12.1 Å². The third kappa shape index (κ3) is 4.88. The summed E-state index contributed by atoms with van der Waals surface area (Å²) in [5.41, 5.74) is 1.45. The number of amides is 1. The van der Waals surface area contributed by atoms with E-state index in [9.17, 15) is 14.4 Å². The average molecular weight is 494 g/mol. The zero-order valence-electron chi connectivity index (χ0n) is 20.4. The van der Waals surface area contributed by atoms with Gasteiger partial charge >= 0.3 is 5.97 Å². The molecule has 0 N–H and O–H groups in total. The van der Waals surface area contributed by atoms with Gasteiger partial charge in [-0.3, -0.25) is 14.6 Å². The van der Waals surface area contributed by atoms with Gasteiger partial charge in [0.15, 0.2) is 11.5 Å². The summed E-state index contributed by atoms with van der Waals surface area (Å²) in [6.07, 6.45) is 3.54. The summed E-state index contributed by atoms with van der Waals surface area (Å²) in [7, 11) is 4.25. The summed E-state index contributed by atoms with van der Waals surface area (Å²) < 4.78 is 23.1. The molecule has 0 spiro atoms. The summed E-state index contributed by atoms with van der Waals surface area (Å²) in [4.78, 5) is 44.9. The van der Waals surface area contributed by atoms with Crippen LogP contribution < -0.4 is 19.8 Å². The predicted molar refractivity (Wildman–Crippen MR) is 130 cm³/mol. The van der Waals surface area contributed by atoms with Crippen molar-refractivity contribution in [2.24, 2.45) is 0 Å². The third-order valence-electron chi connectivity index (χ3n) is 6.02. The van der Waals surface area contributed by atoms with Gasteiger partial charge in [-0.15, -0.1) is 0 Å². The zero-order chi connectivity index (χ0) is 25.7. The highest BCUT2D eigenvalue weighted by atomic mass is 16.5. The van der Waals surface area contributed by atoms with Crippen molar-refractivity contribution in [2.45, 2.75) is 19.6 Å². The van der Waals surface area contributed by atoms with Gasteiger partial charge in [-0.2, -0.15) is 0 Å². The van der Waals surface area contributed by atoms with E-state index in [4.69, 9.17) is 18.9 Å². The number of fused-ring (bicyclic) bond motifs is 1. The molecule has 0 unspecified atom stereocenters. The van der Waals surface area contributed by atoms with E-state index in [1.807, 2.05) is 6.07 Å². The van der Waals surface area contributed by atoms with E-state index in [2.05, 4.69) is 4.98 Å². The minimum absolute atomic E-state index is 0.126. The number of carbonyl (C=O) groups is 2. The molecule has 2 aromatic heterocycles. The number of hydrogen-bond acceptors (Lipinski definition) is 8. The Bertz CT molecular complexity index is 1320. The first-order valence-electron chi connectivity index (χ1n) is 11.4. The van der Waals surface area contributed by atoms with Gasteiger partial charge in [0, 0.05) is 55.8 Å². The number of pyridine rings is 2. The highest BCUT2D eigenvalue weighted by Gasteiger charge is 2.29. The molecule has 3 heterocycles. The van der Waals surface area contributed by atoms with E-state index in [-0.39, 0.29) is 55.4 Å². The standard InChI is InChI=1S/C26H27N3O7/c1-33-20-8-4-7-18(24(20)34-2)25(31)28-11-9-19-23(26(32)35-3)21(14-22(30)29(19)13-12-28)36-16-17-6-5-10-27-15-17/h4-8,10,14-15H,9,11-13,16H2,1-3H3. The van der Waals surface area contributed by atoms with Crippen molar-refractivity contribution in [3.8, 4) is 17.2 Å². The Hall–Kier alpha value is -4.34. The van der Waals surface area contributed by atoms with Gasteiger partial charge in [0.2, 0.25) is 0 Å². The predicted octanol–water partition coefficient (Wildman–Crippen LogP) is 2.32. The van der Waals surface area contributed by atoms with Crippen LogP contribution in [0.4, 0.5) is 0 Å². The topological polar surface area (TPSA) is 109 Å². The monoisotopic (exact) mass is 493 g/mol. The molecule has 0 radical (unpaired) electrons. The molecule has 0 fully saturated rings. The number of methoxy groups -OCH3 is 3. The fourth-order valence-corrected chi connectivity index (χ4v) is 4.26. The van der Waals surface area contributed by atoms with E-state index >= 15 is 0 Å². The highest BCUT2D eigenvalue weighted by molar-refractivity contribution is 5.98. The molecular weight excluding hydrogens is 466 g/mol. The van der Waals surface area contributed by atoms with Crippen LogP contribution in [0.2, 0.25) is 0 Å². The lowest BCUT2D eigenvalue weighted by atomic mass is 10.1. The Labute approximate surface area is 208 Å². The molecule has 0 saturated carbocycles. The van der Waals surface area contributed by atoms with Gasteiger partial charge in [-0.25, -0.2) is 4.79 Å².